The number of anilines is 3. The molecule has 0 saturated heterocycles. The number of aromatic nitrogens is 2. The zero-order chi connectivity index (χ0) is 15.2. The summed E-state index contributed by atoms with van der Waals surface area (Å²) in [4.78, 5) is 8.67. The predicted molar refractivity (Wildman–Crippen MR) is 87.3 cm³/mol. The van der Waals surface area contributed by atoms with Crippen molar-refractivity contribution in [2.24, 2.45) is 5.84 Å². The van der Waals surface area contributed by atoms with Crippen molar-refractivity contribution in [3.63, 3.8) is 0 Å². The fraction of sp³-hybridized carbons (Fsp3) is 0.286. The van der Waals surface area contributed by atoms with Crippen molar-refractivity contribution in [2.75, 3.05) is 17.3 Å². The number of rotatable bonds is 6. The number of nitrogens with zero attached hydrogens (tertiary/aromatic N) is 2. The third-order valence-corrected chi connectivity index (χ3v) is 3.30. The minimum atomic E-state index is 0.347. The first-order valence-electron chi connectivity index (χ1n) is 6.58. The second-order valence-corrected chi connectivity index (χ2v) is 5.34. The third-order valence-electron chi connectivity index (χ3n) is 2.81. The minimum Gasteiger partial charge on any atom is -0.374 e. The average molecular weight is 352 g/mol. The van der Waals surface area contributed by atoms with Gasteiger partial charge in [-0.1, -0.05) is 15.9 Å². The van der Waals surface area contributed by atoms with E-state index in [0.717, 1.165) is 15.7 Å². The summed E-state index contributed by atoms with van der Waals surface area (Å²) in [5, 5.41) is 3.27. The molecule has 21 heavy (non-hydrogen) atoms. The molecular formula is C14H18BrN5O. The highest BCUT2D eigenvalue weighted by atomic mass is 79.9. The lowest BCUT2D eigenvalue weighted by atomic mass is 10.2. The number of hydrogen-bond donors (Lipinski definition) is 3. The molecule has 6 nitrogen and oxygen atoms in total. The van der Waals surface area contributed by atoms with Crippen molar-refractivity contribution in [3.8, 4) is 0 Å². The molecule has 1 aromatic heterocycles. The van der Waals surface area contributed by atoms with Gasteiger partial charge < -0.3 is 15.5 Å². The molecule has 0 atom stereocenters. The van der Waals surface area contributed by atoms with Crippen LogP contribution in [0.3, 0.4) is 0 Å². The molecule has 0 saturated carbocycles. The van der Waals surface area contributed by atoms with Crippen LogP contribution in [0, 0.1) is 6.92 Å². The average Bonchev–Trinajstić information content (AvgIpc) is 2.48. The number of nitrogen functional groups attached to an aromatic ring is 1. The molecule has 0 radical (unpaired) electrons. The quantitative estimate of drug-likeness (QED) is 0.547. The van der Waals surface area contributed by atoms with Gasteiger partial charge in [0.1, 0.15) is 18.2 Å². The molecule has 2 rings (SSSR count). The molecule has 1 heterocycles. The van der Waals surface area contributed by atoms with E-state index in [9.17, 15) is 0 Å². The summed E-state index contributed by atoms with van der Waals surface area (Å²) in [6.45, 7) is 4.91. The molecule has 0 aliphatic rings. The molecule has 0 unspecified atom stereocenters. The number of hydrazine groups is 1. The number of nitrogens with one attached hydrogen (secondary N) is 2. The Morgan fingerprint density at radius 3 is 2.67 bits per heavy atom. The molecule has 4 N–H and O–H groups in total. The maximum atomic E-state index is 5.44. The first kappa shape index (κ1) is 15.7. The van der Waals surface area contributed by atoms with E-state index in [4.69, 9.17) is 10.6 Å². The predicted octanol–water partition coefficient (Wildman–Crippen LogP) is 3.11. The summed E-state index contributed by atoms with van der Waals surface area (Å²) >= 11 is 3.45. The van der Waals surface area contributed by atoms with Gasteiger partial charge in [0.15, 0.2) is 5.82 Å². The molecule has 0 spiro atoms. The summed E-state index contributed by atoms with van der Waals surface area (Å²) < 4.78 is 6.37. The monoisotopic (exact) mass is 351 g/mol. The Bertz CT molecular complexity index is 620. The van der Waals surface area contributed by atoms with Crippen LogP contribution in [0.25, 0.3) is 0 Å². The summed E-state index contributed by atoms with van der Waals surface area (Å²) in [5.74, 6) is 7.22. The Balaban J connectivity index is 2.25. The van der Waals surface area contributed by atoms with Gasteiger partial charge in [-0.15, -0.1) is 0 Å². The largest absolute Gasteiger partial charge is 0.374 e. The normalized spacial score (nSPS) is 10.5. The molecule has 0 bridgehead atoms. The van der Waals surface area contributed by atoms with Crippen LogP contribution in [-0.2, 0) is 11.3 Å². The number of hydrogen-bond acceptors (Lipinski definition) is 6. The van der Waals surface area contributed by atoms with E-state index >= 15 is 0 Å². The van der Waals surface area contributed by atoms with Gasteiger partial charge in [0.05, 0.1) is 0 Å². The standard InChI is InChI=1S/C14H18BrN5O/c1-3-21-8-14-18-12(7-13(19-14)20-16)17-11-5-4-10(15)6-9(11)2/h4-7H,3,8,16H2,1-2H3,(H2,17,18,19,20). The number of nitrogens with two attached hydrogens (primary N) is 1. The summed E-state index contributed by atoms with van der Waals surface area (Å²) in [6.07, 6.45) is 0. The molecule has 7 heteroatoms. The smallest absolute Gasteiger partial charge is 0.158 e. The van der Waals surface area contributed by atoms with Gasteiger partial charge >= 0.3 is 0 Å². The second-order valence-electron chi connectivity index (χ2n) is 4.42. The molecule has 1 aromatic carbocycles. The van der Waals surface area contributed by atoms with Crippen molar-refractivity contribution in [2.45, 2.75) is 20.5 Å². The lowest BCUT2D eigenvalue weighted by Crippen LogP contribution is -2.12. The summed E-state index contributed by atoms with van der Waals surface area (Å²) in [5.41, 5.74) is 4.62. The van der Waals surface area contributed by atoms with Crippen LogP contribution >= 0.6 is 15.9 Å². The fourth-order valence-electron chi connectivity index (χ4n) is 1.80. The first-order valence-corrected chi connectivity index (χ1v) is 7.37. The van der Waals surface area contributed by atoms with E-state index in [1.165, 1.54) is 0 Å². The van der Waals surface area contributed by atoms with Gasteiger partial charge in [-0.25, -0.2) is 15.8 Å². The molecule has 0 fully saturated rings. The Morgan fingerprint density at radius 1 is 1.24 bits per heavy atom. The number of aryl methyl sites for hydroxylation is 1. The second kappa shape index (κ2) is 7.35. The maximum Gasteiger partial charge on any atom is 0.158 e. The van der Waals surface area contributed by atoms with Crippen LogP contribution in [0.1, 0.15) is 18.3 Å². The van der Waals surface area contributed by atoms with E-state index in [1.807, 2.05) is 32.0 Å². The van der Waals surface area contributed by atoms with Crippen LogP contribution < -0.4 is 16.6 Å². The van der Waals surface area contributed by atoms with Gasteiger partial charge in [-0.2, -0.15) is 0 Å². The van der Waals surface area contributed by atoms with E-state index in [2.05, 4.69) is 36.6 Å². The van der Waals surface area contributed by atoms with Crippen LogP contribution in [0.15, 0.2) is 28.7 Å². The Hall–Kier alpha value is -1.70. The highest BCUT2D eigenvalue weighted by Crippen LogP contribution is 2.24. The zero-order valence-corrected chi connectivity index (χ0v) is 13.6. The van der Waals surface area contributed by atoms with E-state index < -0.39 is 0 Å². The molecule has 2 aromatic rings. The number of benzene rings is 1. The van der Waals surface area contributed by atoms with E-state index in [-0.39, 0.29) is 0 Å². The topological polar surface area (TPSA) is 85.1 Å². The third kappa shape index (κ3) is 4.38. The van der Waals surface area contributed by atoms with E-state index in [0.29, 0.717) is 30.7 Å². The van der Waals surface area contributed by atoms with Crippen molar-refractivity contribution >= 4 is 33.3 Å². The highest BCUT2D eigenvalue weighted by molar-refractivity contribution is 9.10. The molecule has 0 aliphatic carbocycles. The first-order chi connectivity index (χ1) is 10.1. The Labute approximate surface area is 132 Å². The van der Waals surface area contributed by atoms with Gasteiger partial charge in [0.25, 0.3) is 0 Å². The number of ether oxygens (including phenoxy) is 1. The van der Waals surface area contributed by atoms with Crippen LogP contribution in [0.4, 0.5) is 17.3 Å². The van der Waals surface area contributed by atoms with E-state index in [1.54, 1.807) is 6.07 Å². The molecular weight excluding hydrogens is 334 g/mol. The van der Waals surface area contributed by atoms with Crippen molar-refractivity contribution < 1.29 is 4.74 Å². The molecule has 112 valence electrons. The minimum absolute atomic E-state index is 0.347. The SMILES string of the molecule is CCOCc1nc(NN)cc(Nc2ccc(Br)cc2C)n1. The van der Waals surface area contributed by atoms with Gasteiger partial charge in [-0.3, -0.25) is 0 Å². The number of halogens is 1. The zero-order valence-electron chi connectivity index (χ0n) is 12.0. The summed E-state index contributed by atoms with van der Waals surface area (Å²) in [6, 6.07) is 7.74. The van der Waals surface area contributed by atoms with Crippen molar-refractivity contribution in [1.29, 1.82) is 0 Å². The lowest BCUT2D eigenvalue weighted by Gasteiger charge is -2.12. The molecule has 0 amide bonds. The fourth-order valence-corrected chi connectivity index (χ4v) is 2.27. The summed E-state index contributed by atoms with van der Waals surface area (Å²) in [7, 11) is 0. The van der Waals surface area contributed by atoms with Crippen LogP contribution in [0.5, 0.6) is 0 Å². The van der Waals surface area contributed by atoms with Crippen LogP contribution in [-0.4, -0.2) is 16.6 Å². The Kier molecular flexibility index (Phi) is 5.49. The van der Waals surface area contributed by atoms with Gasteiger partial charge in [0.2, 0.25) is 0 Å². The van der Waals surface area contributed by atoms with Gasteiger partial charge in [0, 0.05) is 22.8 Å². The molecule has 0 aliphatic heterocycles. The Morgan fingerprint density at radius 2 is 2.00 bits per heavy atom. The van der Waals surface area contributed by atoms with Crippen molar-refractivity contribution in [1.82, 2.24) is 9.97 Å². The highest BCUT2D eigenvalue weighted by Gasteiger charge is 2.06. The maximum absolute atomic E-state index is 5.44. The lowest BCUT2D eigenvalue weighted by molar-refractivity contribution is 0.128. The van der Waals surface area contributed by atoms with Crippen LogP contribution in [0.2, 0.25) is 0 Å². The van der Waals surface area contributed by atoms with Crippen molar-refractivity contribution in [3.05, 3.63) is 40.1 Å². The van der Waals surface area contributed by atoms with Gasteiger partial charge in [-0.05, 0) is 37.6 Å².